The third kappa shape index (κ3) is 4.15. The van der Waals surface area contributed by atoms with Crippen LogP contribution in [-0.2, 0) is 4.79 Å². The van der Waals surface area contributed by atoms with E-state index in [4.69, 9.17) is 5.73 Å². The number of aromatic nitrogens is 4. The van der Waals surface area contributed by atoms with Gasteiger partial charge in [0, 0.05) is 12.3 Å². The highest BCUT2D eigenvalue weighted by Crippen LogP contribution is 2.15. The van der Waals surface area contributed by atoms with Crippen LogP contribution in [0.25, 0.3) is 5.82 Å². The maximum Gasteiger partial charge on any atom is 0.349 e. The molecule has 0 saturated heterocycles. The predicted molar refractivity (Wildman–Crippen MR) is 66.6 cm³/mol. The molecule has 0 aliphatic heterocycles. The number of carbonyl (C=O) groups excluding carboxylic acids is 1. The molecule has 2 rings (SSSR count). The molecule has 0 aromatic carbocycles. The molecule has 0 unspecified atom stereocenters. The Kier molecular flexibility index (Phi) is 4.63. The van der Waals surface area contributed by atoms with Crippen LogP contribution >= 0.6 is 0 Å². The number of nitrogens with zero attached hydrogens (tertiary/aromatic N) is 5. The van der Waals surface area contributed by atoms with Crippen molar-refractivity contribution < 1.29 is 9.72 Å². The van der Waals surface area contributed by atoms with E-state index < -0.39 is 4.92 Å². The van der Waals surface area contributed by atoms with Crippen molar-refractivity contribution in [2.45, 2.75) is 13.8 Å². The summed E-state index contributed by atoms with van der Waals surface area (Å²) in [4.78, 5) is 30.7. The molecule has 0 radical (unpaired) electrons. The molecule has 2 aromatic rings. The molecule has 0 bridgehead atoms. The van der Waals surface area contributed by atoms with Crippen molar-refractivity contribution in [1.29, 1.82) is 0 Å². The topological polar surface area (TPSA) is 130 Å². The number of anilines is 1. The van der Waals surface area contributed by atoms with Gasteiger partial charge in [0.2, 0.25) is 11.8 Å². The van der Waals surface area contributed by atoms with Gasteiger partial charge in [-0.15, -0.1) is 0 Å². The zero-order valence-electron chi connectivity index (χ0n) is 10.3. The number of hydrogen-bond donors (Lipinski definition) is 1. The summed E-state index contributed by atoms with van der Waals surface area (Å²) >= 11 is 0. The van der Waals surface area contributed by atoms with Gasteiger partial charge in [-0.2, -0.15) is 9.55 Å². The first kappa shape index (κ1) is 14.2. The summed E-state index contributed by atoms with van der Waals surface area (Å²) in [7, 11) is 0. The van der Waals surface area contributed by atoms with E-state index in [1.807, 2.05) is 0 Å². The van der Waals surface area contributed by atoms with E-state index in [2.05, 4.69) is 15.0 Å². The molecular weight excluding hydrogens is 252 g/mol. The minimum Gasteiger partial charge on any atom is -0.368 e. The van der Waals surface area contributed by atoms with E-state index in [1.54, 1.807) is 0 Å². The van der Waals surface area contributed by atoms with Crippen LogP contribution in [0.4, 0.5) is 11.8 Å². The molecule has 2 N–H and O–H groups in total. The average Bonchev–Trinajstić information content (AvgIpc) is 2.77. The summed E-state index contributed by atoms with van der Waals surface area (Å²) in [5, 5.41) is 10.6. The number of ketones is 1. The first-order valence-corrected chi connectivity index (χ1v) is 5.14. The van der Waals surface area contributed by atoms with Crippen LogP contribution in [0.5, 0.6) is 0 Å². The van der Waals surface area contributed by atoms with Gasteiger partial charge in [-0.3, -0.25) is 0 Å². The number of imidazole rings is 1. The maximum absolute atomic E-state index is 10.6. The smallest absolute Gasteiger partial charge is 0.349 e. The molecule has 0 saturated carbocycles. The van der Waals surface area contributed by atoms with Crippen LogP contribution in [0.1, 0.15) is 13.8 Å². The Balaban J connectivity index is 0.000000399. The molecule has 2 heterocycles. The van der Waals surface area contributed by atoms with Crippen molar-refractivity contribution in [3.8, 4) is 5.82 Å². The maximum atomic E-state index is 10.6. The standard InChI is InChI=1S/C7H6N6O2.C3H6O/c8-7-10-2-1-5(11-7)12-4-9-3-6(12)13(14)15;1-3(2)4/h1-4H,(H2,8,10,11);1-2H3. The Morgan fingerprint density at radius 3 is 2.63 bits per heavy atom. The lowest BCUT2D eigenvalue weighted by Gasteiger charge is -1.98. The fourth-order valence-corrected chi connectivity index (χ4v) is 1.10. The Morgan fingerprint density at radius 2 is 2.11 bits per heavy atom. The molecule has 0 aliphatic rings. The highest BCUT2D eigenvalue weighted by Gasteiger charge is 2.16. The Bertz CT molecular complexity index is 590. The number of nitro groups is 1. The van der Waals surface area contributed by atoms with Crippen molar-refractivity contribution in [2.24, 2.45) is 0 Å². The minimum atomic E-state index is -0.550. The molecule has 19 heavy (non-hydrogen) atoms. The number of rotatable bonds is 2. The molecule has 9 nitrogen and oxygen atoms in total. The SMILES string of the molecule is CC(C)=O.Nc1nccc(-n2cncc2[N+](=O)[O-])n1. The molecule has 0 spiro atoms. The molecule has 0 atom stereocenters. The average molecular weight is 264 g/mol. The van der Waals surface area contributed by atoms with Gasteiger partial charge in [0.05, 0.1) is 0 Å². The monoisotopic (exact) mass is 264 g/mol. The van der Waals surface area contributed by atoms with Gasteiger partial charge in [-0.05, 0) is 18.8 Å². The van der Waals surface area contributed by atoms with Crippen molar-refractivity contribution in [1.82, 2.24) is 19.5 Å². The quantitative estimate of drug-likeness (QED) is 0.625. The van der Waals surface area contributed by atoms with Gasteiger partial charge in [-0.1, -0.05) is 0 Å². The highest BCUT2D eigenvalue weighted by molar-refractivity contribution is 5.72. The highest BCUT2D eigenvalue weighted by atomic mass is 16.6. The number of hydrogen-bond acceptors (Lipinski definition) is 7. The number of nitrogens with two attached hydrogens (primary N) is 1. The van der Waals surface area contributed by atoms with Gasteiger partial charge in [-0.25, -0.2) is 9.97 Å². The van der Waals surface area contributed by atoms with Crippen molar-refractivity contribution in [3.63, 3.8) is 0 Å². The van der Waals surface area contributed by atoms with Crippen LogP contribution in [0.15, 0.2) is 24.8 Å². The zero-order chi connectivity index (χ0) is 14.4. The van der Waals surface area contributed by atoms with Crippen LogP contribution in [0.2, 0.25) is 0 Å². The Hall–Kier alpha value is -2.84. The largest absolute Gasteiger partial charge is 0.368 e. The Morgan fingerprint density at radius 1 is 1.47 bits per heavy atom. The Labute approximate surface area is 108 Å². The lowest BCUT2D eigenvalue weighted by atomic mass is 10.5. The van der Waals surface area contributed by atoms with E-state index in [0.29, 0.717) is 5.82 Å². The molecule has 2 aromatic heterocycles. The lowest BCUT2D eigenvalue weighted by molar-refractivity contribution is -0.391. The third-order valence-electron chi connectivity index (χ3n) is 1.71. The predicted octanol–water partition coefficient (Wildman–Crippen LogP) is 0.748. The van der Waals surface area contributed by atoms with Crippen LogP contribution < -0.4 is 5.73 Å². The zero-order valence-corrected chi connectivity index (χ0v) is 10.3. The fourth-order valence-electron chi connectivity index (χ4n) is 1.10. The normalized spacial score (nSPS) is 9.37. The summed E-state index contributed by atoms with van der Waals surface area (Å²) < 4.78 is 1.22. The number of Topliss-reactive ketones (excluding diaryl/α,β-unsaturated/α-hetero) is 1. The van der Waals surface area contributed by atoms with E-state index in [0.717, 1.165) is 6.20 Å². The van der Waals surface area contributed by atoms with Crippen molar-refractivity contribution in [3.05, 3.63) is 34.9 Å². The lowest BCUT2D eigenvalue weighted by Crippen LogP contribution is -2.04. The van der Waals surface area contributed by atoms with Gasteiger partial charge >= 0.3 is 5.82 Å². The molecule has 0 aliphatic carbocycles. The second kappa shape index (κ2) is 6.19. The van der Waals surface area contributed by atoms with E-state index in [9.17, 15) is 14.9 Å². The van der Waals surface area contributed by atoms with E-state index in [-0.39, 0.29) is 17.5 Å². The summed E-state index contributed by atoms with van der Waals surface area (Å²) in [6.45, 7) is 3.06. The first-order chi connectivity index (χ1) is 8.91. The molecule has 0 amide bonds. The van der Waals surface area contributed by atoms with E-state index in [1.165, 1.54) is 37.0 Å². The molecule has 100 valence electrons. The summed E-state index contributed by atoms with van der Waals surface area (Å²) in [5.41, 5.74) is 5.37. The minimum absolute atomic E-state index is 0.0514. The van der Waals surface area contributed by atoms with Crippen LogP contribution in [-0.4, -0.2) is 30.2 Å². The second-order valence-corrected chi connectivity index (χ2v) is 3.56. The molecule has 0 fully saturated rings. The van der Waals surface area contributed by atoms with Crippen LogP contribution in [0.3, 0.4) is 0 Å². The second-order valence-electron chi connectivity index (χ2n) is 3.56. The molecular formula is C10H12N6O3. The van der Waals surface area contributed by atoms with Crippen LogP contribution in [0, 0.1) is 10.1 Å². The van der Waals surface area contributed by atoms with Crippen molar-refractivity contribution in [2.75, 3.05) is 5.73 Å². The number of nitrogen functional groups attached to an aromatic ring is 1. The van der Waals surface area contributed by atoms with Gasteiger partial charge < -0.3 is 20.6 Å². The van der Waals surface area contributed by atoms with Gasteiger partial charge in [0.1, 0.15) is 12.0 Å². The summed E-state index contributed by atoms with van der Waals surface area (Å²) in [5.74, 6) is 0.357. The van der Waals surface area contributed by atoms with Gasteiger partial charge in [0.25, 0.3) is 0 Å². The molecule has 9 heteroatoms. The fraction of sp³-hybridized carbons (Fsp3) is 0.200. The van der Waals surface area contributed by atoms with E-state index >= 15 is 0 Å². The van der Waals surface area contributed by atoms with Crippen molar-refractivity contribution >= 4 is 17.5 Å². The van der Waals surface area contributed by atoms with Gasteiger partial charge in [0.15, 0.2) is 6.33 Å². The number of carbonyl (C=O) groups is 1. The summed E-state index contributed by atoms with van der Waals surface area (Å²) in [6, 6.07) is 1.50. The third-order valence-corrected chi connectivity index (χ3v) is 1.71. The summed E-state index contributed by atoms with van der Waals surface area (Å²) in [6.07, 6.45) is 3.85. The first-order valence-electron chi connectivity index (χ1n) is 5.14.